The van der Waals surface area contributed by atoms with Gasteiger partial charge in [-0.15, -0.1) is 0 Å². The van der Waals surface area contributed by atoms with Crippen molar-refractivity contribution in [2.75, 3.05) is 19.7 Å². The van der Waals surface area contributed by atoms with Crippen molar-refractivity contribution in [2.24, 2.45) is 0 Å². The zero-order valence-electron chi connectivity index (χ0n) is 12.3. The number of hydrogen-bond acceptors (Lipinski definition) is 4. The van der Waals surface area contributed by atoms with E-state index in [1.807, 2.05) is 12.5 Å². The van der Waals surface area contributed by atoms with Crippen molar-refractivity contribution >= 4 is 5.97 Å². The third kappa shape index (κ3) is 4.04. The zero-order chi connectivity index (χ0) is 14.7. The van der Waals surface area contributed by atoms with Crippen LogP contribution in [0.15, 0.2) is 12.5 Å². The maximum atomic E-state index is 10.5. The average Bonchev–Trinajstić information content (AvgIpc) is 3.21. The molecule has 2 heterocycles. The molecule has 1 aliphatic carbocycles. The molecule has 3 rings (SSSR count). The lowest BCUT2D eigenvalue weighted by molar-refractivity contribution is -0.138. The molecule has 0 radical (unpaired) electrons. The number of nitrogens with zero attached hydrogens (tertiary/aromatic N) is 3. The van der Waals surface area contributed by atoms with Gasteiger partial charge in [0.1, 0.15) is 0 Å². The van der Waals surface area contributed by atoms with Crippen LogP contribution in [0, 0.1) is 0 Å². The largest absolute Gasteiger partial charge is 0.481 e. The molecule has 0 bridgehead atoms. The third-order valence-electron chi connectivity index (χ3n) is 4.28. The number of aliphatic carboxylic acids is 1. The van der Waals surface area contributed by atoms with Crippen molar-refractivity contribution < 1.29 is 14.6 Å². The molecular weight excluding hydrogens is 270 g/mol. The maximum absolute atomic E-state index is 10.5. The lowest BCUT2D eigenvalue weighted by Gasteiger charge is -2.31. The Bertz CT molecular complexity index is 476. The summed E-state index contributed by atoms with van der Waals surface area (Å²) in [6, 6.07) is 0.680. The molecule has 116 valence electrons. The van der Waals surface area contributed by atoms with Crippen LogP contribution in [0.25, 0.3) is 0 Å². The first-order valence-electron chi connectivity index (χ1n) is 7.79. The van der Waals surface area contributed by atoms with Crippen molar-refractivity contribution in [1.29, 1.82) is 0 Å². The number of carbonyl (C=O) groups is 1. The number of likely N-dealkylation sites (tertiary alicyclic amines) is 1. The zero-order valence-corrected chi connectivity index (χ0v) is 12.3. The smallest absolute Gasteiger partial charge is 0.305 e. The highest BCUT2D eigenvalue weighted by atomic mass is 16.5. The molecule has 6 nitrogen and oxygen atoms in total. The fourth-order valence-corrected chi connectivity index (χ4v) is 2.91. The summed E-state index contributed by atoms with van der Waals surface area (Å²) in [4.78, 5) is 17.2. The van der Waals surface area contributed by atoms with Crippen LogP contribution in [0.4, 0.5) is 0 Å². The second-order valence-electron chi connectivity index (χ2n) is 6.01. The summed E-state index contributed by atoms with van der Waals surface area (Å²) in [7, 11) is 0. The molecule has 0 spiro atoms. The SMILES string of the molecule is O=C(O)CCOC1CCN(Cc2cncn2C2CC2)CC1. The van der Waals surface area contributed by atoms with Crippen LogP contribution in [0.1, 0.15) is 43.8 Å². The highest BCUT2D eigenvalue weighted by molar-refractivity contribution is 5.66. The van der Waals surface area contributed by atoms with Gasteiger partial charge in [-0.3, -0.25) is 9.69 Å². The van der Waals surface area contributed by atoms with Gasteiger partial charge >= 0.3 is 5.97 Å². The quantitative estimate of drug-likeness (QED) is 0.828. The maximum Gasteiger partial charge on any atom is 0.305 e. The van der Waals surface area contributed by atoms with E-state index >= 15 is 0 Å². The first-order chi connectivity index (χ1) is 10.2. The Morgan fingerprint density at radius 1 is 1.33 bits per heavy atom. The Labute approximate surface area is 124 Å². The fourth-order valence-electron chi connectivity index (χ4n) is 2.91. The van der Waals surface area contributed by atoms with Crippen molar-refractivity contribution in [2.45, 2.75) is 50.8 Å². The molecule has 1 saturated carbocycles. The van der Waals surface area contributed by atoms with Crippen molar-refractivity contribution in [3.05, 3.63) is 18.2 Å². The van der Waals surface area contributed by atoms with Gasteiger partial charge in [-0.05, 0) is 25.7 Å². The molecule has 1 aromatic rings. The molecular formula is C15H23N3O3. The van der Waals surface area contributed by atoms with Crippen LogP contribution in [-0.2, 0) is 16.1 Å². The van der Waals surface area contributed by atoms with Crippen LogP contribution < -0.4 is 0 Å². The molecule has 0 amide bonds. The van der Waals surface area contributed by atoms with Gasteiger partial charge in [0.05, 0.1) is 31.2 Å². The number of carboxylic acid groups (broad SMARTS) is 1. The summed E-state index contributed by atoms with van der Waals surface area (Å²) in [5, 5.41) is 8.61. The lowest BCUT2D eigenvalue weighted by Crippen LogP contribution is -2.37. The number of ether oxygens (including phenoxy) is 1. The molecule has 6 heteroatoms. The summed E-state index contributed by atoms with van der Waals surface area (Å²) in [5.74, 6) is -0.791. The standard InChI is InChI=1S/C15H23N3O3/c19-15(20)5-8-21-14-3-6-17(7-4-14)10-13-9-16-11-18(13)12-1-2-12/h9,11-12,14H,1-8,10H2,(H,19,20). The molecule has 0 atom stereocenters. The number of rotatable bonds is 7. The van der Waals surface area contributed by atoms with Gasteiger partial charge in [0.2, 0.25) is 0 Å². The Hall–Kier alpha value is -1.40. The number of hydrogen-bond donors (Lipinski definition) is 1. The second kappa shape index (κ2) is 6.58. The number of piperidine rings is 1. The van der Waals surface area contributed by atoms with Gasteiger partial charge in [0.15, 0.2) is 0 Å². The Kier molecular flexibility index (Phi) is 4.55. The van der Waals surface area contributed by atoms with E-state index in [-0.39, 0.29) is 12.5 Å². The number of carboxylic acids is 1. The summed E-state index contributed by atoms with van der Waals surface area (Å²) in [6.07, 6.45) is 8.78. The van der Waals surface area contributed by atoms with E-state index in [2.05, 4.69) is 14.5 Å². The minimum Gasteiger partial charge on any atom is -0.481 e. The normalized spacial score (nSPS) is 20.8. The van der Waals surface area contributed by atoms with Crippen LogP contribution >= 0.6 is 0 Å². The van der Waals surface area contributed by atoms with E-state index in [0.29, 0.717) is 12.6 Å². The minimum absolute atomic E-state index is 0.0980. The van der Waals surface area contributed by atoms with Gasteiger partial charge in [0.25, 0.3) is 0 Å². The third-order valence-corrected chi connectivity index (χ3v) is 4.28. The second-order valence-corrected chi connectivity index (χ2v) is 6.01. The van der Waals surface area contributed by atoms with E-state index in [4.69, 9.17) is 9.84 Å². The van der Waals surface area contributed by atoms with Gasteiger partial charge < -0.3 is 14.4 Å². The highest BCUT2D eigenvalue weighted by Crippen LogP contribution is 2.35. The van der Waals surface area contributed by atoms with Crippen molar-refractivity contribution in [1.82, 2.24) is 14.5 Å². The van der Waals surface area contributed by atoms with E-state index in [0.717, 1.165) is 32.5 Å². The summed E-state index contributed by atoms with van der Waals surface area (Å²) in [6.45, 7) is 3.30. The van der Waals surface area contributed by atoms with Gasteiger partial charge in [-0.1, -0.05) is 0 Å². The molecule has 0 aromatic carbocycles. The monoisotopic (exact) mass is 293 g/mol. The van der Waals surface area contributed by atoms with Gasteiger partial charge in [-0.25, -0.2) is 4.98 Å². The predicted molar refractivity (Wildman–Crippen MR) is 77.0 cm³/mol. The number of imidazole rings is 1. The minimum atomic E-state index is -0.791. The molecule has 1 saturated heterocycles. The summed E-state index contributed by atoms with van der Waals surface area (Å²) >= 11 is 0. The van der Waals surface area contributed by atoms with E-state index in [1.54, 1.807) is 0 Å². The number of aromatic nitrogens is 2. The predicted octanol–water partition coefficient (Wildman–Crippen LogP) is 1.67. The van der Waals surface area contributed by atoms with Crippen molar-refractivity contribution in [3.63, 3.8) is 0 Å². The highest BCUT2D eigenvalue weighted by Gasteiger charge is 2.26. The topological polar surface area (TPSA) is 67.6 Å². The van der Waals surface area contributed by atoms with Crippen molar-refractivity contribution in [3.8, 4) is 0 Å². The van der Waals surface area contributed by atoms with E-state index < -0.39 is 5.97 Å². The van der Waals surface area contributed by atoms with E-state index in [1.165, 1.54) is 18.5 Å². The molecule has 1 N–H and O–H groups in total. The first-order valence-corrected chi connectivity index (χ1v) is 7.79. The molecule has 0 unspecified atom stereocenters. The van der Waals surface area contributed by atoms with Gasteiger partial charge in [-0.2, -0.15) is 0 Å². The van der Waals surface area contributed by atoms with Gasteiger partial charge in [0, 0.05) is 31.9 Å². The van der Waals surface area contributed by atoms with Crippen LogP contribution in [-0.4, -0.2) is 51.3 Å². The van der Waals surface area contributed by atoms with Crippen LogP contribution in [0.2, 0.25) is 0 Å². The summed E-state index contributed by atoms with van der Waals surface area (Å²) in [5.41, 5.74) is 1.31. The Morgan fingerprint density at radius 2 is 2.10 bits per heavy atom. The fraction of sp³-hybridized carbons (Fsp3) is 0.733. The lowest BCUT2D eigenvalue weighted by atomic mass is 10.1. The Balaban J connectivity index is 1.41. The Morgan fingerprint density at radius 3 is 2.76 bits per heavy atom. The van der Waals surface area contributed by atoms with Crippen LogP contribution in [0.5, 0.6) is 0 Å². The molecule has 2 fully saturated rings. The molecule has 1 aromatic heterocycles. The average molecular weight is 293 g/mol. The summed E-state index contributed by atoms with van der Waals surface area (Å²) < 4.78 is 7.94. The molecule has 21 heavy (non-hydrogen) atoms. The van der Waals surface area contributed by atoms with Crippen LogP contribution in [0.3, 0.4) is 0 Å². The molecule has 2 aliphatic rings. The molecule has 1 aliphatic heterocycles. The van der Waals surface area contributed by atoms with E-state index in [9.17, 15) is 4.79 Å². The first kappa shape index (κ1) is 14.5.